The first-order valence-corrected chi connectivity index (χ1v) is 4.49. The number of rotatable bonds is 1. The lowest BCUT2D eigenvalue weighted by Crippen LogP contribution is -2.45. The van der Waals surface area contributed by atoms with Gasteiger partial charge in [0.1, 0.15) is 5.60 Å². The molecule has 76 valence electrons. The van der Waals surface area contributed by atoms with E-state index in [1.165, 1.54) is 0 Å². The van der Waals surface area contributed by atoms with Crippen molar-refractivity contribution in [3.05, 3.63) is 0 Å². The van der Waals surface area contributed by atoms with Crippen LogP contribution in [0.5, 0.6) is 0 Å². The fourth-order valence-corrected chi connectivity index (χ4v) is 1.31. The summed E-state index contributed by atoms with van der Waals surface area (Å²) in [5, 5.41) is 0. The minimum atomic E-state index is -0.510. The van der Waals surface area contributed by atoms with E-state index >= 15 is 0 Å². The van der Waals surface area contributed by atoms with E-state index in [1.807, 2.05) is 27.7 Å². The normalized spacial score (nSPS) is 29.3. The molecule has 1 atom stereocenters. The summed E-state index contributed by atoms with van der Waals surface area (Å²) >= 11 is 0. The van der Waals surface area contributed by atoms with Crippen LogP contribution in [0, 0.1) is 0 Å². The Kier molecular flexibility index (Phi) is 2.28. The highest BCUT2D eigenvalue weighted by atomic mass is 16.6. The lowest BCUT2D eigenvalue weighted by Gasteiger charge is -2.30. The van der Waals surface area contributed by atoms with Gasteiger partial charge in [-0.05, 0) is 27.7 Å². The van der Waals surface area contributed by atoms with Gasteiger partial charge in [-0.25, -0.2) is 4.79 Å². The van der Waals surface area contributed by atoms with Gasteiger partial charge in [-0.15, -0.1) is 0 Å². The Morgan fingerprint density at radius 1 is 1.62 bits per heavy atom. The molecule has 1 saturated heterocycles. The number of carbonyl (C=O) groups excluding carboxylic acids is 1. The highest BCUT2D eigenvalue weighted by Gasteiger charge is 2.44. The van der Waals surface area contributed by atoms with Crippen LogP contribution in [0.1, 0.15) is 27.7 Å². The Hall–Kier alpha value is -0.770. The SMILES string of the molecule is CC1(CN)CN(C(C)(C)C)C(=O)O1. The van der Waals surface area contributed by atoms with Gasteiger partial charge in [-0.1, -0.05) is 0 Å². The monoisotopic (exact) mass is 186 g/mol. The number of amides is 1. The molecular weight excluding hydrogens is 168 g/mol. The molecular formula is C9H18N2O2. The fraction of sp³-hybridized carbons (Fsp3) is 0.889. The molecule has 1 heterocycles. The quantitative estimate of drug-likeness (QED) is 0.663. The maximum absolute atomic E-state index is 11.4. The van der Waals surface area contributed by atoms with E-state index < -0.39 is 5.60 Å². The third kappa shape index (κ3) is 1.94. The predicted octanol–water partition coefficient (Wildman–Crippen LogP) is 0.954. The molecule has 0 bridgehead atoms. The van der Waals surface area contributed by atoms with Crippen molar-refractivity contribution in [1.82, 2.24) is 4.90 Å². The van der Waals surface area contributed by atoms with Gasteiger partial charge < -0.3 is 10.5 Å². The number of ether oxygens (including phenoxy) is 1. The fourth-order valence-electron chi connectivity index (χ4n) is 1.31. The highest BCUT2D eigenvalue weighted by molar-refractivity contribution is 5.71. The summed E-state index contributed by atoms with van der Waals surface area (Å²) in [7, 11) is 0. The zero-order valence-electron chi connectivity index (χ0n) is 8.76. The maximum Gasteiger partial charge on any atom is 0.410 e. The maximum atomic E-state index is 11.4. The van der Waals surface area contributed by atoms with Crippen LogP contribution in [0.15, 0.2) is 0 Å². The largest absolute Gasteiger partial charge is 0.440 e. The molecule has 13 heavy (non-hydrogen) atoms. The van der Waals surface area contributed by atoms with E-state index in [0.29, 0.717) is 13.1 Å². The van der Waals surface area contributed by atoms with Gasteiger partial charge in [-0.3, -0.25) is 4.90 Å². The number of carbonyl (C=O) groups is 1. The molecule has 1 amide bonds. The molecule has 0 aliphatic carbocycles. The first-order valence-electron chi connectivity index (χ1n) is 4.49. The molecule has 4 heteroatoms. The van der Waals surface area contributed by atoms with Crippen molar-refractivity contribution in [2.45, 2.75) is 38.8 Å². The summed E-state index contributed by atoms with van der Waals surface area (Å²) in [6.07, 6.45) is -0.263. The molecule has 4 nitrogen and oxygen atoms in total. The van der Waals surface area contributed by atoms with Crippen LogP contribution in [-0.4, -0.2) is 35.2 Å². The van der Waals surface area contributed by atoms with Gasteiger partial charge in [0.25, 0.3) is 0 Å². The van der Waals surface area contributed by atoms with E-state index in [0.717, 1.165) is 0 Å². The van der Waals surface area contributed by atoms with Crippen molar-refractivity contribution in [3.63, 3.8) is 0 Å². The van der Waals surface area contributed by atoms with Crippen LogP contribution in [-0.2, 0) is 4.74 Å². The lowest BCUT2D eigenvalue weighted by molar-refractivity contribution is 0.0774. The molecule has 1 aliphatic rings. The van der Waals surface area contributed by atoms with Gasteiger partial charge in [0.05, 0.1) is 6.54 Å². The minimum Gasteiger partial charge on any atom is -0.440 e. The molecule has 0 spiro atoms. The molecule has 0 aromatic heterocycles. The van der Waals surface area contributed by atoms with Crippen LogP contribution >= 0.6 is 0 Å². The van der Waals surface area contributed by atoms with Gasteiger partial charge in [0, 0.05) is 12.1 Å². The van der Waals surface area contributed by atoms with Crippen LogP contribution in [0.25, 0.3) is 0 Å². The van der Waals surface area contributed by atoms with Crippen LogP contribution in [0.2, 0.25) is 0 Å². The van der Waals surface area contributed by atoms with Gasteiger partial charge in [0.15, 0.2) is 0 Å². The molecule has 1 rings (SSSR count). The van der Waals surface area contributed by atoms with E-state index in [2.05, 4.69) is 0 Å². The smallest absolute Gasteiger partial charge is 0.410 e. The summed E-state index contributed by atoms with van der Waals surface area (Å²) in [6, 6.07) is 0. The zero-order valence-corrected chi connectivity index (χ0v) is 8.76. The van der Waals surface area contributed by atoms with Crippen LogP contribution < -0.4 is 5.73 Å². The Bertz CT molecular complexity index is 222. The first kappa shape index (κ1) is 10.3. The van der Waals surface area contributed by atoms with Crippen molar-refractivity contribution >= 4 is 6.09 Å². The van der Waals surface area contributed by atoms with Crippen molar-refractivity contribution < 1.29 is 9.53 Å². The Morgan fingerprint density at radius 2 is 2.15 bits per heavy atom. The van der Waals surface area contributed by atoms with Gasteiger partial charge in [0.2, 0.25) is 0 Å². The molecule has 0 saturated carbocycles. The lowest BCUT2D eigenvalue weighted by atomic mass is 10.0. The van der Waals surface area contributed by atoms with E-state index in [1.54, 1.807) is 4.90 Å². The number of hydrogen-bond donors (Lipinski definition) is 1. The number of hydrogen-bond acceptors (Lipinski definition) is 3. The third-order valence-electron chi connectivity index (χ3n) is 2.29. The topological polar surface area (TPSA) is 55.6 Å². The molecule has 2 N–H and O–H groups in total. The number of nitrogens with two attached hydrogens (primary N) is 1. The van der Waals surface area contributed by atoms with E-state index in [-0.39, 0.29) is 11.6 Å². The van der Waals surface area contributed by atoms with Crippen molar-refractivity contribution in [2.24, 2.45) is 5.73 Å². The molecule has 1 aliphatic heterocycles. The first-order chi connectivity index (χ1) is 5.78. The highest BCUT2D eigenvalue weighted by Crippen LogP contribution is 2.27. The Balaban J connectivity index is 2.79. The van der Waals surface area contributed by atoms with Crippen LogP contribution in [0.4, 0.5) is 4.79 Å². The third-order valence-corrected chi connectivity index (χ3v) is 2.29. The summed E-state index contributed by atoms with van der Waals surface area (Å²) in [5.41, 5.74) is 4.83. The standard InChI is InChI=1S/C9H18N2O2/c1-8(2,3)11-6-9(4,5-10)13-7(11)12/h5-6,10H2,1-4H3. The van der Waals surface area contributed by atoms with Crippen molar-refractivity contribution in [2.75, 3.05) is 13.1 Å². The van der Waals surface area contributed by atoms with Crippen molar-refractivity contribution in [1.29, 1.82) is 0 Å². The average Bonchev–Trinajstić information content (AvgIpc) is 2.27. The average molecular weight is 186 g/mol. The summed E-state index contributed by atoms with van der Waals surface area (Å²) < 4.78 is 5.20. The zero-order chi connectivity index (χ0) is 10.3. The second-order valence-corrected chi connectivity index (χ2v) is 4.78. The minimum absolute atomic E-state index is 0.190. The molecule has 1 unspecified atom stereocenters. The second kappa shape index (κ2) is 2.87. The predicted molar refractivity (Wildman–Crippen MR) is 50.4 cm³/mol. The number of cyclic esters (lactones) is 1. The number of nitrogens with zero attached hydrogens (tertiary/aromatic N) is 1. The van der Waals surface area contributed by atoms with Gasteiger partial charge in [-0.2, -0.15) is 0 Å². The summed E-state index contributed by atoms with van der Waals surface area (Å²) in [5.74, 6) is 0. The van der Waals surface area contributed by atoms with Gasteiger partial charge >= 0.3 is 6.09 Å². The van der Waals surface area contributed by atoms with Crippen LogP contribution in [0.3, 0.4) is 0 Å². The Morgan fingerprint density at radius 3 is 2.38 bits per heavy atom. The molecule has 0 radical (unpaired) electrons. The van der Waals surface area contributed by atoms with Crippen molar-refractivity contribution in [3.8, 4) is 0 Å². The molecule has 0 aromatic rings. The molecule has 0 aromatic carbocycles. The van der Waals surface area contributed by atoms with E-state index in [9.17, 15) is 4.79 Å². The second-order valence-electron chi connectivity index (χ2n) is 4.78. The van der Waals surface area contributed by atoms with E-state index in [4.69, 9.17) is 10.5 Å². The Labute approximate surface area is 79.0 Å². The summed E-state index contributed by atoms with van der Waals surface area (Å²) in [6.45, 7) is 8.75. The summed E-state index contributed by atoms with van der Waals surface area (Å²) in [4.78, 5) is 13.2. The molecule has 1 fully saturated rings.